The SMILES string of the molecule is COC(=O)C(C)C1CCN(C(=O)c2ccnc3ccccc23)CC1. The zero-order chi connectivity index (χ0) is 17.1. The van der Waals surface area contributed by atoms with Crippen LogP contribution < -0.4 is 0 Å². The predicted octanol–water partition coefficient (Wildman–Crippen LogP) is 2.90. The molecule has 1 atom stereocenters. The average molecular weight is 326 g/mol. The van der Waals surface area contributed by atoms with Crippen LogP contribution in [0.5, 0.6) is 0 Å². The number of esters is 1. The topological polar surface area (TPSA) is 59.5 Å². The Balaban J connectivity index is 1.72. The van der Waals surface area contributed by atoms with E-state index in [1.807, 2.05) is 36.1 Å². The Labute approximate surface area is 141 Å². The monoisotopic (exact) mass is 326 g/mol. The van der Waals surface area contributed by atoms with Gasteiger partial charge in [-0.15, -0.1) is 0 Å². The maximum absolute atomic E-state index is 12.9. The highest BCUT2D eigenvalue weighted by Gasteiger charge is 2.30. The zero-order valence-corrected chi connectivity index (χ0v) is 14.1. The molecule has 0 aliphatic carbocycles. The van der Waals surface area contributed by atoms with Crippen LogP contribution in [0, 0.1) is 11.8 Å². The van der Waals surface area contributed by atoms with E-state index in [1.165, 1.54) is 7.11 Å². The average Bonchev–Trinajstić information content (AvgIpc) is 2.66. The summed E-state index contributed by atoms with van der Waals surface area (Å²) in [5.74, 6) is 0.0300. The van der Waals surface area contributed by atoms with E-state index < -0.39 is 0 Å². The Kier molecular flexibility index (Phi) is 4.79. The van der Waals surface area contributed by atoms with Gasteiger partial charge in [0, 0.05) is 24.7 Å². The number of hydrogen-bond donors (Lipinski definition) is 0. The molecule has 0 saturated carbocycles. The fourth-order valence-corrected chi connectivity index (χ4v) is 3.43. The number of piperidine rings is 1. The summed E-state index contributed by atoms with van der Waals surface area (Å²) in [4.78, 5) is 30.8. The van der Waals surface area contributed by atoms with Gasteiger partial charge in [-0.3, -0.25) is 14.6 Å². The van der Waals surface area contributed by atoms with E-state index in [0.717, 1.165) is 23.7 Å². The van der Waals surface area contributed by atoms with Crippen LogP contribution in [0.25, 0.3) is 10.9 Å². The number of carbonyl (C=O) groups excluding carboxylic acids is 2. The number of rotatable bonds is 3. The summed E-state index contributed by atoms with van der Waals surface area (Å²) in [6.45, 7) is 3.24. The molecule has 126 valence electrons. The Hall–Kier alpha value is -2.43. The summed E-state index contributed by atoms with van der Waals surface area (Å²) in [5.41, 5.74) is 1.53. The molecule has 0 spiro atoms. The molecular formula is C19H22N2O3. The molecule has 5 heteroatoms. The number of fused-ring (bicyclic) bond motifs is 1. The maximum atomic E-state index is 12.9. The van der Waals surface area contributed by atoms with E-state index >= 15 is 0 Å². The number of pyridine rings is 1. The molecule has 3 rings (SSSR count). The van der Waals surface area contributed by atoms with E-state index in [4.69, 9.17) is 4.74 Å². The minimum Gasteiger partial charge on any atom is -0.469 e. The molecule has 1 amide bonds. The smallest absolute Gasteiger partial charge is 0.308 e. The highest BCUT2D eigenvalue weighted by molar-refractivity contribution is 6.06. The quantitative estimate of drug-likeness (QED) is 0.814. The third-order valence-corrected chi connectivity index (χ3v) is 4.99. The Morgan fingerprint density at radius 3 is 2.62 bits per heavy atom. The molecule has 2 heterocycles. The number of amides is 1. The van der Waals surface area contributed by atoms with Gasteiger partial charge in [0.1, 0.15) is 0 Å². The summed E-state index contributed by atoms with van der Waals surface area (Å²) in [6, 6.07) is 9.47. The van der Waals surface area contributed by atoms with Gasteiger partial charge in [0.15, 0.2) is 0 Å². The number of carbonyl (C=O) groups is 2. The first-order valence-electron chi connectivity index (χ1n) is 8.32. The number of likely N-dealkylation sites (tertiary alicyclic amines) is 1. The van der Waals surface area contributed by atoms with Gasteiger partial charge in [-0.05, 0) is 30.9 Å². The first-order chi connectivity index (χ1) is 11.6. The summed E-state index contributed by atoms with van der Waals surface area (Å²) in [7, 11) is 1.42. The van der Waals surface area contributed by atoms with Gasteiger partial charge < -0.3 is 9.64 Å². The fraction of sp³-hybridized carbons (Fsp3) is 0.421. The highest BCUT2D eigenvalue weighted by Crippen LogP contribution is 2.27. The summed E-state index contributed by atoms with van der Waals surface area (Å²) in [6.07, 6.45) is 3.33. The maximum Gasteiger partial charge on any atom is 0.308 e. The Bertz CT molecular complexity index is 746. The van der Waals surface area contributed by atoms with Crippen molar-refractivity contribution >= 4 is 22.8 Å². The number of ether oxygens (including phenoxy) is 1. The molecule has 1 aromatic carbocycles. The molecule has 0 bridgehead atoms. The molecule has 1 aliphatic rings. The standard InChI is InChI=1S/C19H22N2O3/c1-13(19(23)24-2)14-8-11-21(12-9-14)18(22)16-7-10-20-17-6-4-3-5-15(16)17/h3-7,10,13-14H,8-9,11-12H2,1-2H3. The van der Waals surface area contributed by atoms with Crippen LogP contribution in [-0.4, -0.2) is 42.0 Å². The summed E-state index contributed by atoms with van der Waals surface area (Å²) < 4.78 is 4.83. The highest BCUT2D eigenvalue weighted by atomic mass is 16.5. The first kappa shape index (κ1) is 16.4. The van der Waals surface area contributed by atoms with Gasteiger partial charge in [-0.25, -0.2) is 0 Å². The van der Waals surface area contributed by atoms with Crippen molar-refractivity contribution in [1.82, 2.24) is 9.88 Å². The van der Waals surface area contributed by atoms with E-state index in [0.29, 0.717) is 18.7 Å². The molecule has 2 aromatic rings. The zero-order valence-electron chi connectivity index (χ0n) is 14.1. The van der Waals surface area contributed by atoms with Gasteiger partial charge >= 0.3 is 5.97 Å². The van der Waals surface area contributed by atoms with E-state index in [1.54, 1.807) is 12.3 Å². The van der Waals surface area contributed by atoms with Crippen molar-refractivity contribution in [3.8, 4) is 0 Å². The second-order valence-electron chi connectivity index (χ2n) is 6.32. The molecule has 1 aliphatic heterocycles. The lowest BCUT2D eigenvalue weighted by Gasteiger charge is -2.34. The first-order valence-corrected chi connectivity index (χ1v) is 8.32. The van der Waals surface area contributed by atoms with Crippen LogP contribution in [0.2, 0.25) is 0 Å². The van der Waals surface area contributed by atoms with Crippen LogP contribution in [-0.2, 0) is 9.53 Å². The largest absolute Gasteiger partial charge is 0.469 e. The van der Waals surface area contributed by atoms with Crippen LogP contribution in [0.4, 0.5) is 0 Å². The van der Waals surface area contributed by atoms with Gasteiger partial charge in [0.25, 0.3) is 5.91 Å². The normalized spacial score (nSPS) is 16.8. The molecule has 1 fully saturated rings. The third-order valence-electron chi connectivity index (χ3n) is 4.99. The van der Waals surface area contributed by atoms with Crippen LogP contribution in [0.1, 0.15) is 30.1 Å². The lowest BCUT2D eigenvalue weighted by Crippen LogP contribution is -2.41. The van der Waals surface area contributed by atoms with E-state index in [2.05, 4.69) is 4.98 Å². The third kappa shape index (κ3) is 3.11. The van der Waals surface area contributed by atoms with Crippen molar-refractivity contribution in [3.05, 3.63) is 42.1 Å². The van der Waals surface area contributed by atoms with E-state index in [-0.39, 0.29) is 23.7 Å². The molecular weight excluding hydrogens is 304 g/mol. The minimum absolute atomic E-state index is 0.0396. The molecule has 1 saturated heterocycles. The number of benzene rings is 1. The summed E-state index contributed by atoms with van der Waals surface area (Å²) in [5, 5.41) is 0.884. The second-order valence-corrected chi connectivity index (χ2v) is 6.32. The Morgan fingerprint density at radius 1 is 1.21 bits per heavy atom. The van der Waals surface area contributed by atoms with Gasteiger partial charge in [-0.1, -0.05) is 25.1 Å². The lowest BCUT2D eigenvalue weighted by atomic mass is 9.85. The molecule has 1 aromatic heterocycles. The van der Waals surface area contributed by atoms with Crippen molar-refractivity contribution < 1.29 is 14.3 Å². The lowest BCUT2D eigenvalue weighted by molar-refractivity contribution is -0.147. The molecule has 0 N–H and O–H groups in total. The van der Waals surface area contributed by atoms with Gasteiger partial charge in [0.05, 0.1) is 24.1 Å². The van der Waals surface area contributed by atoms with Crippen molar-refractivity contribution in [2.24, 2.45) is 11.8 Å². The van der Waals surface area contributed by atoms with E-state index in [9.17, 15) is 9.59 Å². The molecule has 24 heavy (non-hydrogen) atoms. The predicted molar refractivity (Wildman–Crippen MR) is 91.6 cm³/mol. The fourth-order valence-electron chi connectivity index (χ4n) is 3.43. The van der Waals surface area contributed by atoms with Crippen LogP contribution in [0.3, 0.4) is 0 Å². The van der Waals surface area contributed by atoms with Crippen LogP contribution >= 0.6 is 0 Å². The van der Waals surface area contributed by atoms with Crippen molar-refractivity contribution in [1.29, 1.82) is 0 Å². The number of para-hydroxylation sites is 1. The minimum atomic E-state index is -0.167. The number of aromatic nitrogens is 1. The van der Waals surface area contributed by atoms with Crippen LogP contribution in [0.15, 0.2) is 36.5 Å². The van der Waals surface area contributed by atoms with Crippen molar-refractivity contribution in [2.45, 2.75) is 19.8 Å². The van der Waals surface area contributed by atoms with Crippen molar-refractivity contribution in [2.75, 3.05) is 20.2 Å². The second kappa shape index (κ2) is 6.99. The molecule has 5 nitrogen and oxygen atoms in total. The van der Waals surface area contributed by atoms with Gasteiger partial charge in [0.2, 0.25) is 0 Å². The number of hydrogen-bond acceptors (Lipinski definition) is 4. The molecule has 1 unspecified atom stereocenters. The number of methoxy groups -OCH3 is 1. The molecule has 0 radical (unpaired) electrons. The Morgan fingerprint density at radius 2 is 1.92 bits per heavy atom. The van der Waals surface area contributed by atoms with Gasteiger partial charge in [-0.2, -0.15) is 0 Å². The van der Waals surface area contributed by atoms with Crippen molar-refractivity contribution in [3.63, 3.8) is 0 Å². The number of nitrogens with zero attached hydrogens (tertiary/aromatic N) is 2. The summed E-state index contributed by atoms with van der Waals surface area (Å²) >= 11 is 0.